The number of pyridine rings is 1. The van der Waals surface area contributed by atoms with E-state index >= 15 is 0 Å². The molecule has 0 bridgehead atoms. The summed E-state index contributed by atoms with van der Waals surface area (Å²) in [6.07, 6.45) is 3.69. The summed E-state index contributed by atoms with van der Waals surface area (Å²) < 4.78 is 1.71. The molecule has 0 aliphatic carbocycles. The van der Waals surface area contributed by atoms with Crippen LogP contribution in [-0.2, 0) is 0 Å². The lowest BCUT2D eigenvalue weighted by Gasteiger charge is -2.11. The van der Waals surface area contributed by atoms with Gasteiger partial charge in [0.1, 0.15) is 0 Å². The number of hydrogen-bond donors (Lipinski definition) is 1. The Balaban J connectivity index is 1.68. The lowest BCUT2D eigenvalue weighted by molar-refractivity contribution is 1.02. The average Bonchev–Trinajstić information content (AvgIpc) is 2.96. The average molecular weight is 362 g/mol. The molecule has 3 heterocycles. The Bertz CT molecular complexity index is 1490. The predicted octanol–water partition coefficient (Wildman–Crippen LogP) is 4.60. The number of nitrogens with one attached hydrogen (secondary N) is 1. The standard InChI is InChI=1S/C23H14N4O/c28-23-26-19-9-3-6-15-12-25-21-17(7-4-10-20(21)27(23)22(15)19)16-11-14-5-1-2-8-18(14)24-13-16/h1-13H,(H,26,28). The molecule has 132 valence electrons. The van der Waals surface area contributed by atoms with E-state index < -0.39 is 0 Å². The fraction of sp³-hybridized carbons (Fsp3) is 0. The summed E-state index contributed by atoms with van der Waals surface area (Å²) >= 11 is 0. The van der Waals surface area contributed by atoms with Crippen molar-refractivity contribution < 1.29 is 0 Å². The maximum absolute atomic E-state index is 12.7. The minimum Gasteiger partial charge on any atom is -0.305 e. The highest BCUT2D eigenvalue weighted by atomic mass is 16.1. The molecule has 6 rings (SSSR count). The molecular formula is C23H14N4O. The van der Waals surface area contributed by atoms with Gasteiger partial charge in [-0.25, -0.2) is 4.79 Å². The van der Waals surface area contributed by atoms with Gasteiger partial charge >= 0.3 is 5.69 Å². The van der Waals surface area contributed by atoms with Gasteiger partial charge in [-0.15, -0.1) is 0 Å². The lowest BCUT2D eigenvalue weighted by Crippen LogP contribution is -2.14. The number of para-hydroxylation sites is 3. The van der Waals surface area contributed by atoms with Crippen molar-refractivity contribution in [1.29, 1.82) is 0 Å². The van der Waals surface area contributed by atoms with Gasteiger partial charge in [0.15, 0.2) is 0 Å². The number of hydrogen-bond acceptors (Lipinski definition) is 3. The number of aromatic nitrogens is 3. The highest BCUT2D eigenvalue weighted by Crippen LogP contribution is 2.38. The van der Waals surface area contributed by atoms with Crippen molar-refractivity contribution in [3.63, 3.8) is 0 Å². The van der Waals surface area contributed by atoms with Crippen molar-refractivity contribution in [3.05, 3.63) is 89.0 Å². The zero-order valence-electron chi connectivity index (χ0n) is 14.8. The zero-order valence-corrected chi connectivity index (χ0v) is 14.8. The smallest absolute Gasteiger partial charge is 0.305 e. The van der Waals surface area contributed by atoms with E-state index in [0.29, 0.717) is 0 Å². The van der Waals surface area contributed by atoms with Crippen molar-refractivity contribution in [2.45, 2.75) is 0 Å². The Morgan fingerprint density at radius 1 is 0.929 bits per heavy atom. The van der Waals surface area contributed by atoms with Crippen LogP contribution in [0.2, 0.25) is 0 Å². The molecule has 5 aromatic rings. The minimum absolute atomic E-state index is 0.164. The molecule has 5 nitrogen and oxygen atoms in total. The second kappa shape index (κ2) is 5.50. The van der Waals surface area contributed by atoms with E-state index in [1.807, 2.05) is 73.1 Å². The van der Waals surface area contributed by atoms with Crippen LogP contribution in [0.25, 0.3) is 38.8 Å². The first kappa shape index (κ1) is 15.1. The molecule has 1 aliphatic rings. The fourth-order valence-corrected chi connectivity index (χ4v) is 3.95. The van der Waals surface area contributed by atoms with E-state index in [-0.39, 0.29) is 5.69 Å². The number of fused-ring (bicyclic) bond motifs is 3. The van der Waals surface area contributed by atoms with E-state index in [9.17, 15) is 4.79 Å². The second-order valence-corrected chi connectivity index (χ2v) is 6.86. The third kappa shape index (κ3) is 2.04. The summed E-state index contributed by atoms with van der Waals surface area (Å²) in [6, 6.07) is 21.9. The molecule has 0 radical (unpaired) electrons. The highest BCUT2D eigenvalue weighted by molar-refractivity contribution is 6.02. The van der Waals surface area contributed by atoms with Crippen molar-refractivity contribution in [3.8, 4) is 16.8 Å². The maximum Gasteiger partial charge on any atom is 0.331 e. The van der Waals surface area contributed by atoms with Crippen LogP contribution in [0.1, 0.15) is 5.56 Å². The Morgan fingerprint density at radius 2 is 1.82 bits per heavy atom. The van der Waals surface area contributed by atoms with Gasteiger partial charge in [-0.05, 0) is 24.3 Å². The number of nitrogens with zero attached hydrogens (tertiary/aromatic N) is 3. The topological polar surface area (TPSA) is 63.0 Å². The Hall–Kier alpha value is -3.99. The Morgan fingerprint density at radius 3 is 2.79 bits per heavy atom. The molecular weight excluding hydrogens is 348 g/mol. The summed E-state index contributed by atoms with van der Waals surface area (Å²) in [5.41, 5.74) is 6.80. The molecule has 0 fully saturated rings. The number of aliphatic imine (C=N–C) groups is 1. The molecule has 5 heteroatoms. The maximum atomic E-state index is 12.7. The molecule has 0 saturated carbocycles. The summed E-state index contributed by atoms with van der Waals surface area (Å²) in [4.78, 5) is 25.0. The van der Waals surface area contributed by atoms with Crippen LogP contribution in [0.15, 0.2) is 82.7 Å². The number of rotatable bonds is 1. The van der Waals surface area contributed by atoms with Gasteiger partial charge in [0.2, 0.25) is 0 Å². The van der Waals surface area contributed by atoms with Crippen LogP contribution in [0.3, 0.4) is 0 Å². The van der Waals surface area contributed by atoms with Crippen molar-refractivity contribution >= 4 is 33.8 Å². The molecule has 3 aromatic carbocycles. The summed E-state index contributed by atoms with van der Waals surface area (Å²) in [5.74, 6) is 0. The predicted molar refractivity (Wildman–Crippen MR) is 112 cm³/mol. The number of imidazole rings is 1. The van der Waals surface area contributed by atoms with Gasteiger partial charge in [0.25, 0.3) is 0 Å². The number of H-pyrrole nitrogens is 1. The van der Waals surface area contributed by atoms with E-state index in [1.54, 1.807) is 4.57 Å². The van der Waals surface area contributed by atoms with Crippen LogP contribution in [0.5, 0.6) is 0 Å². The molecule has 0 unspecified atom stereocenters. The lowest BCUT2D eigenvalue weighted by atomic mass is 10.0. The van der Waals surface area contributed by atoms with E-state index in [4.69, 9.17) is 4.99 Å². The molecule has 1 aliphatic heterocycles. The van der Waals surface area contributed by atoms with Crippen LogP contribution >= 0.6 is 0 Å². The number of benzene rings is 3. The largest absolute Gasteiger partial charge is 0.331 e. The van der Waals surface area contributed by atoms with Crippen molar-refractivity contribution in [2.75, 3.05) is 0 Å². The van der Waals surface area contributed by atoms with Gasteiger partial charge in [-0.2, -0.15) is 0 Å². The SMILES string of the molecule is O=c1[nH]c2cccc3c2n1-c1cccc(-c2cnc4ccccc4c2)c1N=C3. The molecule has 0 spiro atoms. The van der Waals surface area contributed by atoms with Crippen LogP contribution in [0, 0.1) is 0 Å². The van der Waals surface area contributed by atoms with Crippen LogP contribution < -0.4 is 5.69 Å². The Kier molecular flexibility index (Phi) is 2.97. The van der Waals surface area contributed by atoms with Gasteiger partial charge in [0, 0.05) is 34.5 Å². The minimum atomic E-state index is -0.164. The summed E-state index contributed by atoms with van der Waals surface area (Å²) in [7, 11) is 0. The summed E-state index contributed by atoms with van der Waals surface area (Å²) in [5, 5.41) is 1.07. The third-order valence-corrected chi connectivity index (χ3v) is 5.23. The monoisotopic (exact) mass is 362 g/mol. The van der Waals surface area contributed by atoms with E-state index in [0.717, 1.165) is 50.0 Å². The first-order valence-corrected chi connectivity index (χ1v) is 9.06. The van der Waals surface area contributed by atoms with Gasteiger partial charge < -0.3 is 4.98 Å². The molecule has 1 N–H and O–H groups in total. The molecule has 28 heavy (non-hydrogen) atoms. The Labute approximate surface area is 159 Å². The first-order chi connectivity index (χ1) is 13.8. The van der Waals surface area contributed by atoms with Crippen LogP contribution in [-0.4, -0.2) is 20.7 Å². The second-order valence-electron chi connectivity index (χ2n) is 6.86. The third-order valence-electron chi connectivity index (χ3n) is 5.23. The van der Waals surface area contributed by atoms with Crippen LogP contribution in [0.4, 0.5) is 5.69 Å². The van der Waals surface area contributed by atoms with Crippen molar-refractivity contribution in [1.82, 2.24) is 14.5 Å². The molecule has 0 atom stereocenters. The normalized spacial score (nSPS) is 12.3. The van der Waals surface area contributed by atoms with Crippen molar-refractivity contribution in [2.24, 2.45) is 4.99 Å². The van der Waals surface area contributed by atoms with E-state index in [1.165, 1.54) is 0 Å². The van der Waals surface area contributed by atoms with Gasteiger partial charge in [0.05, 0.1) is 27.9 Å². The highest BCUT2D eigenvalue weighted by Gasteiger charge is 2.20. The molecule has 0 saturated heterocycles. The first-order valence-electron chi connectivity index (χ1n) is 9.06. The fourth-order valence-electron chi connectivity index (χ4n) is 3.95. The quantitative estimate of drug-likeness (QED) is 0.465. The van der Waals surface area contributed by atoms with Gasteiger partial charge in [-0.3, -0.25) is 14.5 Å². The summed E-state index contributed by atoms with van der Waals surface area (Å²) in [6.45, 7) is 0. The zero-order chi connectivity index (χ0) is 18.7. The molecule has 2 aromatic heterocycles. The number of aromatic amines is 1. The molecule has 0 amide bonds. The van der Waals surface area contributed by atoms with E-state index in [2.05, 4.69) is 16.0 Å². The van der Waals surface area contributed by atoms with Gasteiger partial charge in [-0.1, -0.05) is 42.5 Å².